The molecule has 2 N–H and O–H groups in total. The standard InChI is InChI=1S/C30H25ClF3N5O2/c1-18-7-10-24-22(13-18)26(27(40)30(32,33)34)25-11-12-29(15-39(24)25,19-5-3-2-4-6-19)37-28(41)21-9-8-20(14-23(21)31)38-16-35-36-17-38/h2-10,13-14,16-17,27,40H,11-12,15H2,1H3,(H,37,41)/t27-,29+/m0/s1. The van der Waals surface area contributed by atoms with Gasteiger partial charge in [0.1, 0.15) is 12.7 Å². The number of halogens is 4. The lowest BCUT2D eigenvalue weighted by Crippen LogP contribution is -2.51. The average molecular weight is 580 g/mol. The maximum absolute atomic E-state index is 13.8. The fourth-order valence-corrected chi connectivity index (χ4v) is 6.04. The van der Waals surface area contributed by atoms with Gasteiger partial charge in [0.05, 0.1) is 22.7 Å². The number of carbonyl (C=O) groups excluding carboxylic acids is 1. The van der Waals surface area contributed by atoms with E-state index in [1.807, 2.05) is 36.4 Å². The Morgan fingerprint density at radius 2 is 1.80 bits per heavy atom. The van der Waals surface area contributed by atoms with Crippen LogP contribution in [0.2, 0.25) is 5.02 Å². The first-order valence-electron chi connectivity index (χ1n) is 13.0. The fraction of sp³-hybridized carbons (Fsp3) is 0.233. The van der Waals surface area contributed by atoms with E-state index in [9.17, 15) is 23.1 Å². The lowest BCUT2D eigenvalue weighted by Gasteiger charge is -2.40. The first-order chi connectivity index (χ1) is 19.6. The van der Waals surface area contributed by atoms with E-state index < -0.39 is 23.7 Å². The van der Waals surface area contributed by atoms with Crippen LogP contribution in [0.3, 0.4) is 0 Å². The van der Waals surface area contributed by atoms with Crippen molar-refractivity contribution in [2.75, 3.05) is 0 Å². The molecule has 0 saturated heterocycles. The van der Waals surface area contributed by atoms with Crippen molar-refractivity contribution in [1.29, 1.82) is 0 Å². The van der Waals surface area contributed by atoms with E-state index in [1.165, 1.54) is 12.7 Å². The highest BCUT2D eigenvalue weighted by Crippen LogP contribution is 2.45. The van der Waals surface area contributed by atoms with Crippen molar-refractivity contribution >= 4 is 28.4 Å². The fourth-order valence-electron chi connectivity index (χ4n) is 5.78. The van der Waals surface area contributed by atoms with Crippen molar-refractivity contribution in [2.45, 2.75) is 44.1 Å². The molecule has 3 heterocycles. The van der Waals surface area contributed by atoms with Gasteiger partial charge in [-0.25, -0.2) is 0 Å². The van der Waals surface area contributed by atoms with Gasteiger partial charge in [-0.2, -0.15) is 13.2 Å². The molecule has 210 valence electrons. The maximum atomic E-state index is 13.8. The van der Waals surface area contributed by atoms with Gasteiger partial charge in [-0.05, 0) is 55.7 Å². The zero-order chi connectivity index (χ0) is 28.9. The number of aromatic nitrogens is 4. The third-order valence-corrected chi connectivity index (χ3v) is 8.08. The van der Waals surface area contributed by atoms with Gasteiger partial charge in [0, 0.05) is 27.8 Å². The smallest absolute Gasteiger partial charge is 0.379 e. The molecule has 1 aliphatic rings. The lowest BCUT2D eigenvalue weighted by molar-refractivity contribution is -0.206. The first kappa shape index (κ1) is 27.0. The van der Waals surface area contributed by atoms with Crippen LogP contribution in [0.1, 0.15) is 45.3 Å². The minimum absolute atomic E-state index is 0.128. The quantitative estimate of drug-likeness (QED) is 0.265. The van der Waals surface area contributed by atoms with E-state index in [0.717, 1.165) is 11.1 Å². The van der Waals surface area contributed by atoms with Gasteiger partial charge < -0.3 is 15.0 Å². The Labute approximate surface area is 238 Å². The number of carbonyl (C=O) groups is 1. The molecule has 7 nitrogen and oxygen atoms in total. The number of aliphatic hydroxyl groups excluding tert-OH is 1. The molecule has 11 heteroatoms. The Morgan fingerprint density at radius 1 is 1.07 bits per heavy atom. The number of hydrogen-bond donors (Lipinski definition) is 2. The van der Waals surface area contributed by atoms with Crippen LogP contribution in [-0.4, -0.2) is 36.5 Å². The van der Waals surface area contributed by atoms with Gasteiger partial charge in [-0.1, -0.05) is 53.6 Å². The summed E-state index contributed by atoms with van der Waals surface area (Å²) < 4.78 is 44.9. The number of nitrogens with one attached hydrogen (secondary N) is 1. The zero-order valence-corrected chi connectivity index (χ0v) is 22.6. The molecule has 0 radical (unpaired) electrons. The van der Waals surface area contributed by atoms with Crippen LogP contribution in [-0.2, 0) is 18.5 Å². The SMILES string of the molecule is Cc1ccc2c(c1)c([C@H](O)C(F)(F)F)c1n2C[C@@](NC(=O)c2ccc(-n3cnnc3)cc2Cl)(c2ccccc2)CC1. The van der Waals surface area contributed by atoms with Gasteiger partial charge in [0.2, 0.25) is 0 Å². The number of aliphatic hydroxyl groups is 1. The Bertz CT molecular complexity index is 1750. The third kappa shape index (κ3) is 4.76. The molecule has 2 atom stereocenters. The Balaban J connectivity index is 1.44. The van der Waals surface area contributed by atoms with Crippen molar-refractivity contribution in [3.05, 3.63) is 112 Å². The van der Waals surface area contributed by atoms with Crippen LogP contribution in [0.15, 0.2) is 79.4 Å². The summed E-state index contributed by atoms with van der Waals surface area (Å²) in [6.07, 6.45) is -3.90. The molecule has 0 bridgehead atoms. The van der Waals surface area contributed by atoms with Gasteiger partial charge in [0.25, 0.3) is 5.91 Å². The molecular weight excluding hydrogens is 555 g/mol. The van der Waals surface area contributed by atoms with Crippen LogP contribution in [0.25, 0.3) is 16.6 Å². The number of aryl methyl sites for hydroxylation is 1. The van der Waals surface area contributed by atoms with E-state index in [2.05, 4.69) is 15.5 Å². The maximum Gasteiger partial charge on any atom is 0.418 e. The van der Waals surface area contributed by atoms with Crippen molar-refractivity contribution in [1.82, 2.24) is 24.6 Å². The van der Waals surface area contributed by atoms with Crippen molar-refractivity contribution in [2.24, 2.45) is 0 Å². The molecule has 0 fully saturated rings. The van der Waals surface area contributed by atoms with Crippen LogP contribution in [0.4, 0.5) is 13.2 Å². The molecule has 0 spiro atoms. The van der Waals surface area contributed by atoms with E-state index >= 15 is 0 Å². The average Bonchev–Trinajstić information content (AvgIpc) is 3.59. The number of rotatable bonds is 5. The van der Waals surface area contributed by atoms with Gasteiger partial charge >= 0.3 is 6.18 Å². The van der Waals surface area contributed by atoms with Crippen LogP contribution >= 0.6 is 11.6 Å². The third-order valence-electron chi connectivity index (χ3n) is 7.76. The van der Waals surface area contributed by atoms with E-state index in [4.69, 9.17) is 11.6 Å². The summed E-state index contributed by atoms with van der Waals surface area (Å²) in [6.45, 7) is 1.96. The minimum atomic E-state index is -4.82. The number of hydrogen-bond acceptors (Lipinski definition) is 4. The monoisotopic (exact) mass is 579 g/mol. The van der Waals surface area contributed by atoms with Crippen LogP contribution < -0.4 is 5.32 Å². The number of amides is 1. The highest BCUT2D eigenvalue weighted by Gasteiger charge is 2.46. The summed E-state index contributed by atoms with van der Waals surface area (Å²) >= 11 is 6.55. The normalized spacial score (nSPS) is 17.8. The Morgan fingerprint density at radius 3 is 2.49 bits per heavy atom. The molecule has 1 amide bonds. The minimum Gasteiger partial charge on any atom is -0.379 e. The summed E-state index contributed by atoms with van der Waals surface area (Å²) in [5.41, 5.74) is 2.41. The largest absolute Gasteiger partial charge is 0.418 e. The molecule has 41 heavy (non-hydrogen) atoms. The van der Waals surface area contributed by atoms with Crippen molar-refractivity contribution < 1.29 is 23.1 Å². The zero-order valence-electron chi connectivity index (χ0n) is 21.9. The summed E-state index contributed by atoms with van der Waals surface area (Å²) in [5.74, 6) is -0.416. The summed E-state index contributed by atoms with van der Waals surface area (Å²) in [6, 6.07) is 19.6. The summed E-state index contributed by atoms with van der Waals surface area (Å²) in [7, 11) is 0. The second kappa shape index (κ2) is 10.0. The van der Waals surface area contributed by atoms with Gasteiger partial charge in [-0.3, -0.25) is 9.36 Å². The van der Waals surface area contributed by atoms with E-state index in [0.29, 0.717) is 28.7 Å². The van der Waals surface area contributed by atoms with Crippen molar-refractivity contribution in [3.8, 4) is 5.69 Å². The van der Waals surface area contributed by atoms with Crippen LogP contribution in [0, 0.1) is 6.92 Å². The molecule has 3 aromatic carbocycles. The topological polar surface area (TPSA) is 85.0 Å². The molecule has 1 aliphatic heterocycles. The number of benzene rings is 3. The highest BCUT2D eigenvalue weighted by atomic mass is 35.5. The lowest BCUT2D eigenvalue weighted by atomic mass is 9.81. The van der Waals surface area contributed by atoms with Crippen LogP contribution in [0.5, 0.6) is 0 Å². The molecule has 2 aromatic heterocycles. The van der Waals surface area contributed by atoms with Crippen molar-refractivity contribution in [3.63, 3.8) is 0 Å². The van der Waals surface area contributed by atoms with Gasteiger partial charge in [0.15, 0.2) is 6.10 Å². The molecule has 0 unspecified atom stereocenters. The Hall–Kier alpha value is -4.15. The number of fused-ring (bicyclic) bond motifs is 3. The summed E-state index contributed by atoms with van der Waals surface area (Å²) in [5, 5.41) is 21.8. The first-order valence-corrected chi connectivity index (χ1v) is 13.3. The Kier molecular flexibility index (Phi) is 6.62. The molecule has 5 aromatic rings. The predicted molar refractivity (Wildman–Crippen MR) is 148 cm³/mol. The van der Waals surface area contributed by atoms with E-state index in [1.54, 1.807) is 46.4 Å². The second-order valence-corrected chi connectivity index (χ2v) is 10.8. The summed E-state index contributed by atoms with van der Waals surface area (Å²) in [4.78, 5) is 13.8. The number of alkyl halides is 3. The predicted octanol–water partition coefficient (Wildman–Crippen LogP) is 6.05. The van der Waals surface area contributed by atoms with Gasteiger partial charge in [-0.15, -0.1) is 10.2 Å². The highest BCUT2D eigenvalue weighted by molar-refractivity contribution is 6.34. The van der Waals surface area contributed by atoms with E-state index in [-0.39, 0.29) is 29.1 Å². The molecule has 0 saturated carbocycles. The molecule has 6 rings (SSSR count). The molecular formula is C30H25ClF3N5O2. The number of nitrogens with zero attached hydrogens (tertiary/aromatic N) is 4. The molecule has 0 aliphatic carbocycles. The second-order valence-electron chi connectivity index (χ2n) is 10.3.